The Morgan fingerprint density at radius 3 is 2.21 bits per heavy atom. The molecule has 1 N–H and O–H groups in total. The summed E-state index contributed by atoms with van der Waals surface area (Å²) in [7, 11) is 0. The predicted octanol–water partition coefficient (Wildman–Crippen LogP) is 3.27. The number of hydrogen-bond donors (Lipinski definition) is 1. The third-order valence-corrected chi connectivity index (χ3v) is 1.60. The van der Waals surface area contributed by atoms with Gasteiger partial charge in [-0.25, -0.2) is 13.2 Å². The van der Waals surface area contributed by atoms with Crippen LogP contribution in [0, 0.1) is 17.5 Å². The van der Waals surface area contributed by atoms with Crippen LogP contribution in [0.5, 0.6) is 0 Å². The van der Waals surface area contributed by atoms with Crippen LogP contribution in [0.25, 0.3) is 0 Å². The first-order chi connectivity index (χ1) is 6.50. The SMILES string of the molecule is C=C(Cl)CNc1cc(F)c(F)c(F)c1. The van der Waals surface area contributed by atoms with E-state index in [1.54, 1.807) is 0 Å². The minimum absolute atomic E-state index is 0.114. The van der Waals surface area contributed by atoms with E-state index in [1.165, 1.54) is 0 Å². The van der Waals surface area contributed by atoms with Gasteiger partial charge in [-0.3, -0.25) is 0 Å². The summed E-state index contributed by atoms with van der Waals surface area (Å²) in [5.41, 5.74) is 0.114. The molecule has 0 bridgehead atoms. The Hall–Kier alpha value is -1.16. The van der Waals surface area contributed by atoms with Crippen LogP contribution in [0.15, 0.2) is 23.7 Å². The first-order valence-electron chi connectivity index (χ1n) is 3.72. The van der Waals surface area contributed by atoms with Gasteiger partial charge in [0.05, 0.1) is 6.54 Å². The third kappa shape index (κ3) is 2.67. The van der Waals surface area contributed by atoms with Gasteiger partial charge >= 0.3 is 0 Å². The summed E-state index contributed by atoms with van der Waals surface area (Å²) in [6, 6.07) is 1.69. The number of anilines is 1. The Morgan fingerprint density at radius 2 is 1.79 bits per heavy atom. The van der Waals surface area contributed by atoms with E-state index in [9.17, 15) is 13.2 Å². The predicted molar refractivity (Wildman–Crippen MR) is 49.8 cm³/mol. The van der Waals surface area contributed by atoms with Crippen molar-refractivity contribution in [1.82, 2.24) is 0 Å². The lowest BCUT2D eigenvalue weighted by molar-refractivity contribution is 0.448. The summed E-state index contributed by atoms with van der Waals surface area (Å²) in [6.45, 7) is 3.53. The molecule has 1 aromatic carbocycles. The highest BCUT2D eigenvalue weighted by Crippen LogP contribution is 2.17. The maximum Gasteiger partial charge on any atom is 0.194 e. The molecule has 0 aromatic heterocycles. The van der Waals surface area contributed by atoms with Gasteiger partial charge in [0.1, 0.15) is 0 Å². The van der Waals surface area contributed by atoms with Crippen molar-refractivity contribution in [3.05, 3.63) is 41.2 Å². The molecule has 1 rings (SSSR count). The number of halogens is 4. The second-order valence-electron chi connectivity index (χ2n) is 2.62. The minimum atomic E-state index is -1.49. The molecular weight excluding hydrogens is 215 g/mol. The number of nitrogens with one attached hydrogen (secondary N) is 1. The molecule has 0 amide bonds. The lowest BCUT2D eigenvalue weighted by Crippen LogP contribution is -2.03. The van der Waals surface area contributed by atoms with Gasteiger partial charge in [-0.05, 0) is 0 Å². The van der Waals surface area contributed by atoms with Crippen molar-refractivity contribution in [2.45, 2.75) is 0 Å². The molecule has 0 spiro atoms. The molecule has 0 aliphatic rings. The summed E-state index contributed by atoms with van der Waals surface area (Å²) in [6.07, 6.45) is 0. The topological polar surface area (TPSA) is 12.0 Å². The molecule has 0 radical (unpaired) electrons. The van der Waals surface area contributed by atoms with Crippen molar-refractivity contribution < 1.29 is 13.2 Å². The number of hydrogen-bond acceptors (Lipinski definition) is 1. The molecule has 1 nitrogen and oxygen atoms in total. The Bertz CT molecular complexity index is 342. The Balaban J connectivity index is 2.84. The number of benzene rings is 1. The Labute approximate surface area is 84.2 Å². The van der Waals surface area contributed by atoms with Crippen molar-refractivity contribution in [2.24, 2.45) is 0 Å². The zero-order valence-electron chi connectivity index (χ0n) is 7.08. The summed E-state index contributed by atoms with van der Waals surface area (Å²) in [5.74, 6) is -3.97. The van der Waals surface area contributed by atoms with Crippen LogP contribution in [0.3, 0.4) is 0 Å². The maximum atomic E-state index is 12.7. The first kappa shape index (κ1) is 10.9. The molecule has 0 atom stereocenters. The molecule has 0 saturated heterocycles. The Morgan fingerprint density at radius 1 is 1.29 bits per heavy atom. The highest BCUT2D eigenvalue weighted by Gasteiger charge is 2.09. The highest BCUT2D eigenvalue weighted by molar-refractivity contribution is 6.29. The minimum Gasteiger partial charge on any atom is -0.380 e. The average Bonchev–Trinajstić information content (AvgIpc) is 2.10. The molecule has 0 unspecified atom stereocenters. The van der Waals surface area contributed by atoms with Crippen molar-refractivity contribution in [3.8, 4) is 0 Å². The van der Waals surface area contributed by atoms with E-state index in [0.717, 1.165) is 12.1 Å². The molecule has 5 heteroatoms. The lowest BCUT2D eigenvalue weighted by atomic mass is 10.3. The zero-order chi connectivity index (χ0) is 10.7. The molecule has 0 aliphatic carbocycles. The van der Waals surface area contributed by atoms with E-state index in [1.807, 2.05) is 0 Å². The van der Waals surface area contributed by atoms with Crippen LogP contribution in [0.1, 0.15) is 0 Å². The van der Waals surface area contributed by atoms with E-state index in [-0.39, 0.29) is 17.3 Å². The summed E-state index contributed by atoms with van der Waals surface area (Å²) in [4.78, 5) is 0. The monoisotopic (exact) mass is 221 g/mol. The average molecular weight is 222 g/mol. The van der Waals surface area contributed by atoms with E-state index in [0.29, 0.717) is 0 Å². The molecule has 76 valence electrons. The molecular formula is C9H7ClF3N. The first-order valence-corrected chi connectivity index (χ1v) is 4.10. The van der Waals surface area contributed by atoms with Crippen LogP contribution >= 0.6 is 11.6 Å². The van der Waals surface area contributed by atoms with Crippen molar-refractivity contribution in [1.29, 1.82) is 0 Å². The van der Waals surface area contributed by atoms with E-state index in [4.69, 9.17) is 11.6 Å². The van der Waals surface area contributed by atoms with E-state index < -0.39 is 17.5 Å². The quantitative estimate of drug-likeness (QED) is 0.773. The van der Waals surface area contributed by atoms with Gasteiger partial charge in [-0.1, -0.05) is 18.2 Å². The van der Waals surface area contributed by atoms with Crippen LogP contribution in [0.4, 0.5) is 18.9 Å². The van der Waals surface area contributed by atoms with E-state index >= 15 is 0 Å². The van der Waals surface area contributed by atoms with Crippen molar-refractivity contribution >= 4 is 17.3 Å². The molecule has 1 aromatic rings. The summed E-state index contributed by atoms with van der Waals surface area (Å²) < 4.78 is 37.8. The largest absolute Gasteiger partial charge is 0.380 e. The Kier molecular flexibility index (Phi) is 3.41. The van der Waals surface area contributed by atoms with Crippen LogP contribution in [-0.4, -0.2) is 6.54 Å². The van der Waals surface area contributed by atoms with Crippen molar-refractivity contribution in [2.75, 3.05) is 11.9 Å². The molecule has 0 aliphatic heterocycles. The molecule has 14 heavy (non-hydrogen) atoms. The van der Waals surface area contributed by atoms with E-state index in [2.05, 4.69) is 11.9 Å². The van der Waals surface area contributed by atoms with Gasteiger partial charge in [0.25, 0.3) is 0 Å². The van der Waals surface area contributed by atoms with Crippen LogP contribution < -0.4 is 5.32 Å². The molecule has 0 fully saturated rings. The normalized spacial score (nSPS) is 10.0. The zero-order valence-corrected chi connectivity index (χ0v) is 7.84. The van der Waals surface area contributed by atoms with Gasteiger partial charge in [0.15, 0.2) is 17.5 Å². The smallest absolute Gasteiger partial charge is 0.194 e. The van der Waals surface area contributed by atoms with Gasteiger partial charge in [0.2, 0.25) is 0 Å². The van der Waals surface area contributed by atoms with Crippen LogP contribution in [-0.2, 0) is 0 Å². The maximum absolute atomic E-state index is 12.7. The second kappa shape index (κ2) is 4.37. The summed E-state index contributed by atoms with van der Waals surface area (Å²) >= 11 is 5.42. The second-order valence-corrected chi connectivity index (χ2v) is 3.16. The lowest BCUT2D eigenvalue weighted by Gasteiger charge is -2.05. The van der Waals surface area contributed by atoms with Gasteiger partial charge in [0, 0.05) is 22.9 Å². The van der Waals surface area contributed by atoms with Gasteiger partial charge in [-0.15, -0.1) is 0 Å². The standard InChI is InChI=1S/C9H7ClF3N/c1-5(10)4-14-6-2-7(11)9(13)8(12)3-6/h2-3,14H,1,4H2. The molecule has 0 saturated carbocycles. The van der Waals surface area contributed by atoms with Gasteiger partial charge in [-0.2, -0.15) is 0 Å². The fourth-order valence-corrected chi connectivity index (χ4v) is 0.922. The fraction of sp³-hybridized carbons (Fsp3) is 0.111. The van der Waals surface area contributed by atoms with Crippen LogP contribution in [0.2, 0.25) is 0 Å². The third-order valence-electron chi connectivity index (χ3n) is 1.47. The highest BCUT2D eigenvalue weighted by atomic mass is 35.5. The fourth-order valence-electron chi connectivity index (χ4n) is 0.856. The molecule has 0 heterocycles. The van der Waals surface area contributed by atoms with Crippen molar-refractivity contribution in [3.63, 3.8) is 0 Å². The number of rotatable bonds is 3. The van der Waals surface area contributed by atoms with Gasteiger partial charge < -0.3 is 5.32 Å². The summed E-state index contributed by atoms with van der Waals surface area (Å²) in [5, 5.41) is 2.86.